The molecule has 2 aromatic heterocycles. The van der Waals surface area contributed by atoms with Crippen molar-refractivity contribution in [1.29, 1.82) is 0 Å². The van der Waals surface area contributed by atoms with Crippen LogP contribution in [0, 0.1) is 0 Å². The molecule has 3 aromatic rings. The third-order valence-corrected chi connectivity index (χ3v) is 10.2. The molecule has 2 N–H and O–H groups in total. The van der Waals surface area contributed by atoms with Gasteiger partial charge in [-0.1, -0.05) is 13.3 Å². The van der Waals surface area contributed by atoms with E-state index >= 15 is 0 Å². The third-order valence-electron chi connectivity index (χ3n) is 7.68. The fourth-order valence-corrected chi connectivity index (χ4v) is 7.92. The number of likely N-dealkylation sites (N-methyl/N-ethyl adjacent to an activating group) is 1. The lowest BCUT2D eigenvalue weighted by Crippen LogP contribution is -2.54. The summed E-state index contributed by atoms with van der Waals surface area (Å²) in [5.41, 5.74) is 1.78. The lowest BCUT2D eigenvalue weighted by Gasteiger charge is -2.36. The van der Waals surface area contributed by atoms with Crippen molar-refractivity contribution in [1.82, 2.24) is 30.0 Å². The molecule has 2 bridgehead atoms. The molecular formula is C25H34N6O4S. The highest BCUT2D eigenvalue weighted by atomic mass is 32.2. The van der Waals surface area contributed by atoms with Gasteiger partial charge in [0.1, 0.15) is 22.0 Å². The van der Waals surface area contributed by atoms with Crippen LogP contribution < -0.4 is 15.6 Å². The minimum Gasteiger partial charge on any atom is -0.493 e. The average Bonchev–Trinajstić information content (AvgIpc) is 3.26. The Bertz CT molecular complexity index is 1460. The molecule has 1 aromatic carbocycles. The van der Waals surface area contributed by atoms with Crippen LogP contribution >= 0.6 is 0 Å². The second-order valence-electron chi connectivity index (χ2n) is 9.74. The van der Waals surface area contributed by atoms with Gasteiger partial charge in [0.05, 0.1) is 22.8 Å². The standard InChI is InChI=1S/C25H34N6O4S/c1-5-7-19-21-22(31(4)29-19)24(32)28-23(27-21)18-14-17(8-9-20(18)35-6-2)36(33,34)25-12-10-16(30(25)3)11-13-26-15-25/h8-9,14,16,26H,5-7,10-13,15H2,1-4H3,(H,27,28,32). The number of sulfone groups is 1. The summed E-state index contributed by atoms with van der Waals surface area (Å²) in [6.07, 6.45) is 3.90. The zero-order valence-corrected chi connectivity index (χ0v) is 22.1. The second-order valence-corrected chi connectivity index (χ2v) is 12.0. The van der Waals surface area contributed by atoms with Gasteiger partial charge in [0.2, 0.25) is 0 Å². The van der Waals surface area contributed by atoms with Gasteiger partial charge in [-0.05, 0) is 64.4 Å². The lowest BCUT2D eigenvalue weighted by atomic mass is 10.1. The largest absolute Gasteiger partial charge is 0.493 e. The van der Waals surface area contributed by atoms with Gasteiger partial charge in [0.15, 0.2) is 15.4 Å². The predicted molar refractivity (Wildman–Crippen MR) is 138 cm³/mol. The Morgan fingerprint density at radius 3 is 2.78 bits per heavy atom. The Morgan fingerprint density at radius 1 is 1.22 bits per heavy atom. The highest BCUT2D eigenvalue weighted by molar-refractivity contribution is 7.92. The van der Waals surface area contributed by atoms with E-state index in [4.69, 9.17) is 9.72 Å². The van der Waals surface area contributed by atoms with Crippen molar-refractivity contribution in [2.24, 2.45) is 7.05 Å². The van der Waals surface area contributed by atoms with Gasteiger partial charge >= 0.3 is 0 Å². The van der Waals surface area contributed by atoms with E-state index in [1.165, 1.54) is 0 Å². The Balaban J connectivity index is 1.68. The Labute approximate surface area is 211 Å². The van der Waals surface area contributed by atoms with Crippen LogP contribution in [0.5, 0.6) is 5.75 Å². The molecular weight excluding hydrogens is 480 g/mol. The lowest BCUT2D eigenvalue weighted by molar-refractivity contribution is 0.216. The summed E-state index contributed by atoms with van der Waals surface area (Å²) in [5, 5.41) is 7.83. The number of nitrogens with one attached hydrogen (secondary N) is 2. The summed E-state index contributed by atoms with van der Waals surface area (Å²) in [6, 6.07) is 5.11. The first kappa shape index (κ1) is 24.9. The van der Waals surface area contributed by atoms with Gasteiger partial charge in [-0.3, -0.25) is 14.4 Å². The van der Waals surface area contributed by atoms with Crippen molar-refractivity contribution < 1.29 is 13.2 Å². The number of hydrogen-bond acceptors (Lipinski definition) is 8. The van der Waals surface area contributed by atoms with E-state index in [9.17, 15) is 13.2 Å². The molecule has 0 spiro atoms. The number of H-pyrrole nitrogens is 1. The monoisotopic (exact) mass is 514 g/mol. The molecule has 2 aliphatic heterocycles. The number of ether oxygens (including phenoxy) is 1. The molecule has 194 valence electrons. The van der Waals surface area contributed by atoms with Gasteiger partial charge in [0.25, 0.3) is 5.56 Å². The van der Waals surface area contributed by atoms with Crippen LogP contribution in [0.2, 0.25) is 0 Å². The summed E-state index contributed by atoms with van der Waals surface area (Å²) in [6.45, 7) is 5.47. The highest BCUT2D eigenvalue weighted by Crippen LogP contribution is 2.43. The minimum atomic E-state index is -3.76. The fourth-order valence-electron chi connectivity index (χ4n) is 5.76. The summed E-state index contributed by atoms with van der Waals surface area (Å²) < 4.78 is 35.7. The zero-order chi connectivity index (χ0) is 25.7. The van der Waals surface area contributed by atoms with E-state index < -0.39 is 14.7 Å². The van der Waals surface area contributed by atoms with E-state index in [0.717, 1.165) is 31.5 Å². The summed E-state index contributed by atoms with van der Waals surface area (Å²) in [7, 11) is -0.117. The molecule has 2 saturated heterocycles. The molecule has 0 aliphatic carbocycles. The smallest absolute Gasteiger partial charge is 0.277 e. The molecule has 10 nitrogen and oxygen atoms in total. The number of aromatic nitrogens is 4. The van der Waals surface area contributed by atoms with E-state index in [1.807, 2.05) is 25.8 Å². The topological polar surface area (TPSA) is 122 Å². The second kappa shape index (κ2) is 9.28. The quantitative estimate of drug-likeness (QED) is 0.492. The van der Waals surface area contributed by atoms with Crippen molar-refractivity contribution in [3.63, 3.8) is 0 Å². The SMILES string of the molecule is CCCc1nn(C)c2c(=O)[nH]c(-c3cc(S(=O)(=O)C45CCC(CCNC4)N5C)ccc3OCC)nc12. The molecule has 0 amide bonds. The number of aromatic amines is 1. The van der Waals surface area contributed by atoms with Gasteiger partial charge in [-0.25, -0.2) is 13.4 Å². The van der Waals surface area contributed by atoms with Gasteiger partial charge in [-0.2, -0.15) is 5.10 Å². The van der Waals surface area contributed by atoms with Crippen molar-refractivity contribution in [3.05, 3.63) is 34.2 Å². The van der Waals surface area contributed by atoms with Crippen LogP contribution in [-0.2, 0) is 23.3 Å². The first-order chi connectivity index (χ1) is 17.2. The third kappa shape index (κ3) is 3.75. The number of hydrogen-bond donors (Lipinski definition) is 2. The molecule has 4 heterocycles. The molecule has 5 rings (SSSR count). The summed E-state index contributed by atoms with van der Waals surface area (Å²) in [5.74, 6) is 0.738. The van der Waals surface area contributed by atoms with Crippen LogP contribution in [0.3, 0.4) is 0 Å². The number of nitrogens with zero attached hydrogens (tertiary/aromatic N) is 4. The summed E-state index contributed by atoms with van der Waals surface area (Å²) in [4.78, 5) is 21.9. The molecule has 2 unspecified atom stereocenters. The molecule has 36 heavy (non-hydrogen) atoms. The highest BCUT2D eigenvalue weighted by Gasteiger charge is 2.54. The maximum Gasteiger partial charge on any atom is 0.277 e. The van der Waals surface area contributed by atoms with Crippen molar-refractivity contribution in [2.75, 3.05) is 26.7 Å². The molecule has 0 saturated carbocycles. The molecule has 2 fully saturated rings. The van der Waals surface area contributed by atoms with Gasteiger partial charge in [-0.15, -0.1) is 0 Å². The van der Waals surface area contributed by atoms with Gasteiger partial charge in [0, 0.05) is 19.6 Å². The maximum absolute atomic E-state index is 14.2. The Hall–Kier alpha value is -2.76. The minimum absolute atomic E-state index is 0.194. The number of benzene rings is 1. The molecule has 2 atom stereocenters. The Kier molecular flexibility index (Phi) is 6.42. The normalized spacial score (nSPS) is 22.7. The number of aryl methyl sites for hydroxylation is 2. The number of rotatable bonds is 7. The molecule has 11 heteroatoms. The zero-order valence-electron chi connectivity index (χ0n) is 21.3. The molecule has 2 aliphatic rings. The van der Waals surface area contributed by atoms with E-state index in [-0.39, 0.29) is 22.3 Å². The van der Waals surface area contributed by atoms with Crippen LogP contribution in [0.15, 0.2) is 27.9 Å². The predicted octanol–water partition coefficient (Wildman–Crippen LogP) is 2.23. The van der Waals surface area contributed by atoms with Crippen LogP contribution in [0.4, 0.5) is 0 Å². The van der Waals surface area contributed by atoms with E-state index in [1.54, 1.807) is 29.9 Å². The first-order valence-electron chi connectivity index (χ1n) is 12.6. The van der Waals surface area contributed by atoms with Crippen LogP contribution in [0.25, 0.3) is 22.4 Å². The maximum atomic E-state index is 14.2. The Morgan fingerprint density at radius 2 is 2.03 bits per heavy atom. The fraction of sp³-hybridized carbons (Fsp3) is 0.560. The molecule has 0 radical (unpaired) electrons. The van der Waals surface area contributed by atoms with Crippen molar-refractivity contribution in [3.8, 4) is 17.1 Å². The number of fused-ring (bicyclic) bond motifs is 3. The van der Waals surface area contributed by atoms with E-state index in [0.29, 0.717) is 48.3 Å². The average molecular weight is 515 g/mol. The van der Waals surface area contributed by atoms with Crippen LogP contribution in [0.1, 0.15) is 45.2 Å². The van der Waals surface area contributed by atoms with Crippen molar-refractivity contribution >= 4 is 20.9 Å². The van der Waals surface area contributed by atoms with Gasteiger partial charge < -0.3 is 15.0 Å². The summed E-state index contributed by atoms with van der Waals surface area (Å²) >= 11 is 0. The van der Waals surface area contributed by atoms with Crippen molar-refractivity contribution in [2.45, 2.75) is 61.8 Å². The van der Waals surface area contributed by atoms with Crippen LogP contribution in [-0.4, -0.2) is 70.7 Å². The first-order valence-corrected chi connectivity index (χ1v) is 14.1. The van der Waals surface area contributed by atoms with E-state index in [2.05, 4.69) is 15.4 Å².